The zero-order chi connectivity index (χ0) is 18.5. The van der Waals surface area contributed by atoms with Crippen LogP contribution in [0.2, 0.25) is 0 Å². The van der Waals surface area contributed by atoms with Gasteiger partial charge in [-0.2, -0.15) is 0 Å². The molecule has 0 unspecified atom stereocenters. The second kappa shape index (κ2) is 7.91. The summed E-state index contributed by atoms with van der Waals surface area (Å²) in [5, 5.41) is 5.68. The molecule has 136 valence electrons. The Morgan fingerprint density at radius 2 is 1.73 bits per heavy atom. The number of carbonyl (C=O) groups is 2. The number of hydrogen-bond donors (Lipinski definition) is 2. The van der Waals surface area contributed by atoms with Gasteiger partial charge in [-0.25, -0.2) is 0 Å². The summed E-state index contributed by atoms with van der Waals surface area (Å²) < 4.78 is 10.6. The van der Waals surface area contributed by atoms with E-state index in [1.807, 2.05) is 32.0 Å². The van der Waals surface area contributed by atoms with Crippen molar-refractivity contribution in [2.24, 2.45) is 5.92 Å². The summed E-state index contributed by atoms with van der Waals surface area (Å²) in [6, 6.07) is 12.8. The molecule has 2 aromatic carbocycles. The number of rotatable bonds is 6. The van der Waals surface area contributed by atoms with E-state index >= 15 is 0 Å². The molecule has 0 saturated heterocycles. The van der Waals surface area contributed by atoms with Crippen LogP contribution in [0.1, 0.15) is 25.8 Å². The number of anilines is 2. The van der Waals surface area contributed by atoms with Crippen molar-refractivity contribution in [2.75, 3.05) is 17.4 Å². The van der Waals surface area contributed by atoms with Crippen molar-refractivity contribution in [3.63, 3.8) is 0 Å². The summed E-state index contributed by atoms with van der Waals surface area (Å²) in [6.07, 6.45) is 0.953. The van der Waals surface area contributed by atoms with Gasteiger partial charge in [0.25, 0.3) is 0 Å². The first kappa shape index (κ1) is 17.8. The highest BCUT2D eigenvalue weighted by Crippen LogP contribution is 2.32. The standard InChI is InChI=1S/C20H22N2O4/c1-13(2)20(24)22-16-5-3-4-15(11-16)21-19(23)9-7-14-6-8-17-18(10-14)26-12-25-17/h3-6,8,10-11,13H,7,9,12H2,1-2H3,(H,21,23)(H,22,24). The molecular weight excluding hydrogens is 332 g/mol. The number of hydrogen-bond acceptors (Lipinski definition) is 4. The van der Waals surface area contributed by atoms with E-state index in [4.69, 9.17) is 9.47 Å². The third-order valence-electron chi connectivity index (χ3n) is 4.02. The predicted molar refractivity (Wildman–Crippen MR) is 99.4 cm³/mol. The first-order chi connectivity index (χ1) is 12.5. The van der Waals surface area contributed by atoms with Crippen LogP contribution in [0.25, 0.3) is 0 Å². The van der Waals surface area contributed by atoms with Gasteiger partial charge >= 0.3 is 0 Å². The SMILES string of the molecule is CC(C)C(=O)Nc1cccc(NC(=O)CCc2ccc3c(c2)OCO3)c1. The summed E-state index contributed by atoms with van der Waals surface area (Å²) in [4.78, 5) is 24.0. The summed E-state index contributed by atoms with van der Waals surface area (Å²) >= 11 is 0. The predicted octanol–water partition coefficient (Wildman–Crippen LogP) is 3.58. The zero-order valence-electron chi connectivity index (χ0n) is 14.9. The minimum Gasteiger partial charge on any atom is -0.454 e. The van der Waals surface area contributed by atoms with Crippen LogP contribution in [0.5, 0.6) is 11.5 Å². The van der Waals surface area contributed by atoms with Crippen LogP contribution >= 0.6 is 0 Å². The van der Waals surface area contributed by atoms with E-state index in [9.17, 15) is 9.59 Å². The lowest BCUT2D eigenvalue weighted by Crippen LogP contribution is -2.18. The van der Waals surface area contributed by atoms with E-state index in [1.54, 1.807) is 24.3 Å². The van der Waals surface area contributed by atoms with Crippen LogP contribution in [-0.4, -0.2) is 18.6 Å². The van der Waals surface area contributed by atoms with Gasteiger partial charge in [-0.1, -0.05) is 26.0 Å². The maximum absolute atomic E-state index is 12.2. The molecule has 1 aliphatic heterocycles. The molecule has 0 atom stereocenters. The van der Waals surface area contributed by atoms with Gasteiger partial charge in [0, 0.05) is 23.7 Å². The molecule has 0 bridgehead atoms. The molecule has 2 N–H and O–H groups in total. The molecule has 26 heavy (non-hydrogen) atoms. The van der Waals surface area contributed by atoms with Crippen LogP contribution in [0.15, 0.2) is 42.5 Å². The smallest absolute Gasteiger partial charge is 0.231 e. The Bertz CT molecular complexity index is 817. The molecule has 0 saturated carbocycles. The van der Waals surface area contributed by atoms with Gasteiger partial charge in [-0.3, -0.25) is 9.59 Å². The summed E-state index contributed by atoms with van der Waals surface area (Å²) in [5.41, 5.74) is 2.34. The van der Waals surface area contributed by atoms with E-state index in [0.29, 0.717) is 24.2 Å². The molecule has 0 aliphatic carbocycles. The van der Waals surface area contributed by atoms with Gasteiger partial charge in [0.1, 0.15) is 0 Å². The Hall–Kier alpha value is -3.02. The molecule has 0 aromatic heterocycles. The van der Waals surface area contributed by atoms with Crippen molar-refractivity contribution in [2.45, 2.75) is 26.7 Å². The summed E-state index contributed by atoms with van der Waals surface area (Å²) in [7, 11) is 0. The van der Waals surface area contributed by atoms with Crippen molar-refractivity contribution in [3.05, 3.63) is 48.0 Å². The number of aryl methyl sites for hydroxylation is 1. The number of amides is 2. The Balaban J connectivity index is 1.54. The first-order valence-corrected chi connectivity index (χ1v) is 8.60. The Morgan fingerprint density at radius 1 is 1.00 bits per heavy atom. The molecular formula is C20H22N2O4. The molecule has 2 aromatic rings. The van der Waals surface area contributed by atoms with Crippen molar-refractivity contribution >= 4 is 23.2 Å². The average molecular weight is 354 g/mol. The van der Waals surface area contributed by atoms with Gasteiger partial charge in [-0.15, -0.1) is 0 Å². The second-order valence-electron chi connectivity index (χ2n) is 6.46. The zero-order valence-corrected chi connectivity index (χ0v) is 14.9. The van der Waals surface area contributed by atoms with E-state index in [2.05, 4.69) is 10.6 Å². The lowest BCUT2D eigenvalue weighted by molar-refractivity contribution is -0.119. The van der Waals surface area contributed by atoms with Gasteiger partial charge < -0.3 is 20.1 Å². The topological polar surface area (TPSA) is 76.7 Å². The monoisotopic (exact) mass is 354 g/mol. The molecule has 2 amide bonds. The van der Waals surface area contributed by atoms with Gasteiger partial charge in [0.15, 0.2) is 11.5 Å². The minimum absolute atomic E-state index is 0.0590. The van der Waals surface area contributed by atoms with E-state index < -0.39 is 0 Å². The molecule has 6 heteroatoms. The Morgan fingerprint density at radius 3 is 2.50 bits per heavy atom. The average Bonchev–Trinajstić information content (AvgIpc) is 3.08. The number of carbonyl (C=O) groups excluding carboxylic acids is 2. The number of ether oxygens (including phenoxy) is 2. The van der Waals surface area contributed by atoms with Gasteiger partial charge in [0.05, 0.1) is 0 Å². The molecule has 3 rings (SSSR count). The quantitative estimate of drug-likeness (QED) is 0.831. The molecule has 0 spiro atoms. The summed E-state index contributed by atoms with van der Waals surface area (Å²) in [6.45, 7) is 3.90. The highest BCUT2D eigenvalue weighted by Gasteiger charge is 2.14. The maximum Gasteiger partial charge on any atom is 0.231 e. The first-order valence-electron chi connectivity index (χ1n) is 8.60. The maximum atomic E-state index is 12.2. The molecule has 0 fully saturated rings. The fourth-order valence-corrected chi connectivity index (χ4v) is 2.54. The normalized spacial score (nSPS) is 12.1. The van der Waals surface area contributed by atoms with Crippen molar-refractivity contribution in [3.8, 4) is 11.5 Å². The van der Waals surface area contributed by atoms with Crippen molar-refractivity contribution < 1.29 is 19.1 Å². The van der Waals surface area contributed by atoms with Crippen LogP contribution in [0.3, 0.4) is 0 Å². The second-order valence-corrected chi connectivity index (χ2v) is 6.46. The van der Waals surface area contributed by atoms with Crippen molar-refractivity contribution in [1.29, 1.82) is 0 Å². The van der Waals surface area contributed by atoms with Gasteiger partial charge in [0.2, 0.25) is 18.6 Å². The lowest BCUT2D eigenvalue weighted by Gasteiger charge is -2.10. The number of benzene rings is 2. The largest absolute Gasteiger partial charge is 0.454 e. The van der Waals surface area contributed by atoms with Crippen LogP contribution in [0.4, 0.5) is 11.4 Å². The van der Waals surface area contributed by atoms with Crippen LogP contribution in [-0.2, 0) is 16.0 Å². The molecule has 1 aliphatic rings. The minimum atomic E-state index is -0.102. The van der Waals surface area contributed by atoms with E-state index in [1.165, 1.54) is 0 Å². The molecule has 1 heterocycles. The van der Waals surface area contributed by atoms with Gasteiger partial charge in [-0.05, 0) is 42.3 Å². The fourth-order valence-electron chi connectivity index (χ4n) is 2.54. The summed E-state index contributed by atoms with van der Waals surface area (Å²) in [5.74, 6) is 1.20. The number of nitrogens with one attached hydrogen (secondary N) is 2. The molecule has 0 radical (unpaired) electrons. The third-order valence-corrected chi connectivity index (χ3v) is 4.02. The number of fused-ring (bicyclic) bond motifs is 1. The van der Waals surface area contributed by atoms with E-state index in [-0.39, 0.29) is 24.5 Å². The Labute approximate surface area is 152 Å². The fraction of sp³-hybridized carbons (Fsp3) is 0.300. The van der Waals surface area contributed by atoms with Crippen LogP contribution in [0, 0.1) is 5.92 Å². The lowest BCUT2D eigenvalue weighted by atomic mass is 10.1. The van der Waals surface area contributed by atoms with Crippen LogP contribution < -0.4 is 20.1 Å². The van der Waals surface area contributed by atoms with Crippen molar-refractivity contribution in [1.82, 2.24) is 0 Å². The van der Waals surface area contributed by atoms with E-state index in [0.717, 1.165) is 17.1 Å². The highest BCUT2D eigenvalue weighted by atomic mass is 16.7. The highest BCUT2D eigenvalue weighted by molar-refractivity contribution is 5.94. The Kier molecular flexibility index (Phi) is 5.41. The third kappa shape index (κ3) is 4.53. The molecule has 6 nitrogen and oxygen atoms in total.